The lowest BCUT2D eigenvalue weighted by molar-refractivity contribution is -0.0108. The van der Waals surface area contributed by atoms with Crippen molar-refractivity contribution in [1.29, 1.82) is 0 Å². The van der Waals surface area contributed by atoms with E-state index in [9.17, 15) is 9.90 Å². The standard InChI is InChI=1S/C16H20N2O2/c1-15(2)9-18(10-16(15,3)20)14(19)12-4-5-13-11(8-12)6-7-17-13/h4-8,17,20H,9-10H2,1-3H3/t16-/m0/s1. The van der Waals surface area contributed by atoms with Gasteiger partial charge in [0.25, 0.3) is 5.91 Å². The number of carbonyl (C=O) groups excluding carboxylic acids is 1. The molecule has 0 spiro atoms. The van der Waals surface area contributed by atoms with Gasteiger partial charge in [-0.25, -0.2) is 0 Å². The molecule has 1 aliphatic rings. The van der Waals surface area contributed by atoms with Crippen LogP contribution in [0.1, 0.15) is 31.1 Å². The quantitative estimate of drug-likeness (QED) is 0.837. The molecule has 2 N–H and O–H groups in total. The van der Waals surface area contributed by atoms with Gasteiger partial charge >= 0.3 is 0 Å². The van der Waals surface area contributed by atoms with E-state index in [1.807, 2.05) is 44.3 Å². The summed E-state index contributed by atoms with van der Waals surface area (Å²) < 4.78 is 0. The number of aliphatic hydroxyl groups is 1. The number of benzene rings is 1. The molecule has 2 heterocycles. The fourth-order valence-electron chi connectivity index (χ4n) is 2.80. The van der Waals surface area contributed by atoms with Gasteiger partial charge in [0, 0.05) is 34.6 Å². The summed E-state index contributed by atoms with van der Waals surface area (Å²) in [5.41, 5.74) is 0.558. The summed E-state index contributed by atoms with van der Waals surface area (Å²) in [5.74, 6) is -0.0149. The number of aromatic nitrogens is 1. The Morgan fingerprint density at radius 3 is 2.65 bits per heavy atom. The van der Waals surface area contributed by atoms with E-state index >= 15 is 0 Å². The number of amides is 1. The molecule has 106 valence electrons. The number of carbonyl (C=O) groups is 1. The van der Waals surface area contributed by atoms with Crippen molar-refractivity contribution in [2.75, 3.05) is 13.1 Å². The van der Waals surface area contributed by atoms with Gasteiger partial charge in [-0.1, -0.05) is 13.8 Å². The van der Waals surface area contributed by atoms with Crippen molar-refractivity contribution in [3.8, 4) is 0 Å². The Kier molecular flexibility index (Phi) is 2.70. The molecule has 0 unspecified atom stereocenters. The summed E-state index contributed by atoms with van der Waals surface area (Å²) in [5, 5.41) is 11.5. The van der Waals surface area contributed by atoms with Gasteiger partial charge in [-0.15, -0.1) is 0 Å². The Balaban J connectivity index is 1.90. The third kappa shape index (κ3) is 1.91. The van der Waals surface area contributed by atoms with Crippen molar-refractivity contribution in [3.05, 3.63) is 36.0 Å². The Morgan fingerprint density at radius 2 is 2.00 bits per heavy atom. The second-order valence-electron chi connectivity index (χ2n) is 6.60. The number of hydrogen-bond donors (Lipinski definition) is 2. The molecule has 1 saturated heterocycles. The third-order valence-electron chi connectivity index (χ3n) is 4.63. The highest BCUT2D eigenvalue weighted by molar-refractivity contribution is 5.98. The van der Waals surface area contributed by atoms with Gasteiger partial charge in [0.15, 0.2) is 0 Å². The molecular weight excluding hydrogens is 252 g/mol. The van der Waals surface area contributed by atoms with Crippen molar-refractivity contribution in [2.45, 2.75) is 26.4 Å². The van der Waals surface area contributed by atoms with Crippen LogP contribution in [0, 0.1) is 5.41 Å². The Hall–Kier alpha value is -1.81. The van der Waals surface area contributed by atoms with Crippen LogP contribution in [0.25, 0.3) is 10.9 Å². The van der Waals surface area contributed by atoms with E-state index in [1.54, 1.807) is 11.8 Å². The Morgan fingerprint density at radius 1 is 1.25 bits per heavy atom. The van der Waals surface area contributed by atoms with Gasteiger partial charge in [0.05, 0.1) is 12.1 Å². The number of β-amino-alcohol motifs (C(OH)–C–C–N with tert-alkyl or cyclic N) is 1. The molecule has 20 heavy (non-hydrogen) atoms. The van der Waals surface area contributed by atoms with Gasteiger partial charge in [0.1, 0.15) is 0 Å². The van der Waals surface area contributed by atoms with Gasteiger partial charge < -0.3 is 15.0 Å². The molecule has 1 atom stereocenters. The number of nitrogens with zero attached hydrogens (tertiary/aromatic N) is 1. The van der Waals surface area contributed by atoms with Crippen molar-refractivity contribution in [2.24, 2.45) is 5.41 Å². The summed E-state index contributed by atoms with van der Waals surface area (Å²) in [7, 11) is 0. The number of nitrogens with one attached hydrogen (secondary N) is 1. The topological polar surface area (TPSA) is 56.3 Å². The fraction of sp³-hybridized carbons (Fsp3) is 0.438. The Bertz CT molecular complexity index is 654. The second kappa shape index (κ2) is 4.09. The fourth-order valence-corrected chi connectivity index (χ4v) is 2.80. The molecular formula is C16H20N2O2. The van der Waals surface area contributed by atoms with Crippen LogP contribution < -0.4 is 0 Å². The van der Waals surface area contributed by atoms with Gasteiger partial charge in [-0.3, -0.25) is 4.79 Å². The molecule has 0 radical (unpaired) electrons. The SMILES string of the molecule is CC1(C)CN(C(=O)c2ccc3[nH]ccc3c2)C[C@]1(C)O. The maximum absolute atomic E-state index is 12.6. The van der Waals surface area contributed by atoms with Crippen molar-refractivity contribution < 1.29 is 9.90 Å². The molecule has 1 fully saturated rings. The minimum Gasteiger partial charge on any atom is -0.388 e. The highest BCUT2D eigenvalue weighted by Crippen LogP contribution is 2.38. The van der Waals surface area contributed by atoms with Crippen LogP contribution in [-0.2, 0) is 0 Å². The predicted octanol–water partition coefficient (Wildman–Crippen LogP) is 2.40. The monoisotopic (exact) mass is 272 g/mol. The number of rotatable bonds is 1. The number of fused-ring (bicyclic) bond motifs is 1. The molecule has 1 aliphatic heterocycles. The summed E-state index contributed by atoms with van der Waals surface area (Å²) in [6.07, 6.45) is 1.86. The maximum atomic E-state index is 12.6. The molecule has 3 rings (SSSR count). The van der Waals surface area contributed by atoms with E-state index in [0.29, 0.717) is 18.7 Å². The van der Waals surface area contributed by atoms with E-state index < -0.39 is 5.60 Å². The molecule has 4 heteroatoms. The van der Waals surface area contributed by atoms with Crippen molar-refractivity contribution >= 4 is 16.8 Å². The molecule has 1 aromatic carbocycles. The van der Waals surface area contributed by atoms with E-state index in [1.165, 1.54) is 0 Å². The van der Waals surface area contributed by atoms with Crippen molar-refractivity contribution in [1.82, 2.24) is 9.88 Å². The smallest absolute Gasteiger partial charge is 0.253 e. The lowest BCUT2D eigenvalue weighted by Gasteiger charge is -2.30. The summed E-state index contributed by atoms with van der Waals surface area (Å²) in [6.45, 7) is 6.74. The zero-order valence-electron chi connectivity index (χ0n) is 12.1. The van der Waals surface area contributed by atoms with Crippen LogP contribution in [0.15, 0.2) is 30.5 Å². The average molecular weight is 272 g/mol. The zero-order valence-corrected chi connectivity index (χ0v) is 12.1. The second-order valence-corrected chi connectivity index (χ2v) is 6.60. The van der Waals surface area contributed by atoms with Crippen LogP contribution >= 0.6 is 0 Å². The molecule has 0 saturated carbocycles. The highest BCUT2D eigenvalue weighted by Gasteiger charge is 2.49. The van der Waals surface area contributed by atoms with E-state index in [2.05, 4.69) is 4.98 Å². The van der Waals surface area contributed by atoms with E-state index in [0.717, 1.165) is 10.9 Å². The summed E-state index contributed by atoms with van der Waals surface area (Å²) >= 11 is 0. The van der Waals surface area contributed by atoms with E-state index in [4.69, 9.17) is 0 Å². The number of H-pyrrole nitrogens is 1. The average Bonchev–Trinajstić information content (AvgIpc) is 2.90. The minimum absolute atomic E-state index is 0.0149. The zero-order chi connectivity index (χ0) is 14.5. The minimum atomic E-state index is -0.846. The summed E-state index contributed by atoms with van der Waals surface area (Å²) in [6, 6.07) is 7.60. The molecule has 0 aliphatic carbocycles. The van der Waals surface area contributed by atoms with Crippen molar-refractivity contribution in [3.63, 3.8) is 0 Å². The first-order chi connectivity index (χ1) is 9.30. The number of hydrogen-bond acceptors (Lipinski definition) is 2. The first-order valence-corrected chi connectivity index (χ1v) is 6.89. The lowest BCUT2D eigenvalue weighted by Crippen LogP contribution is -2.40. The maximum Gasteiger partial charge on any atom is 0.253 e. The van der Waals surface area contributed by atoms with Crippen LogP contribution in [0.3, 0.4) is 0 Å². The van der Waals surface area contributed by atoms with Gasteiger partial charge in [0.2, 0.25) is 0 Å². The normalized spacial score (nSPS) is 25.3. The van der Waals surface area contributed by atoms with Gasteiger partial charge in [-0.05, 0) is 31.2 Å². The van der Waals surface area contributed by atoms with Crippen LogP contribution in [0.2, 0.25) is 0 Å². The third-order valence-corrected chi connectivity index (χ3v) is 4.63. The summed E-state index contributed by atoms with van der Waals surface area (Å²) in [4.78, 5) is 17.5. The largest absolute Gasteiger partial charge is 0.388 e. The first kappa shape index (κ1) is 13.2. The first-order valence-electron chi connectivity index (χ1n) is 6.89. The molecule has 2 aromatic rings. The van der Waals surface area contributed by atoms with Crippen LogP contribution in [0.5, 0.6) is 0 Å². The Labute approximate surface area is 118 Å². The highest BCUT2D eigenvalue weighted by atomic mass is 16.3. The van der Waals surface area contributed by atoms with Gasteiger partial charge in [-0.2, -0.15) is 0 Å². The molecule has 1 amide bonds. The predicted molar refractivity (Wildman–Crippen MR) is 78.6 cm³/mol. The number of aromatic amines is 1. The van der Waals surface area contributed by atoms with Crippen LogP contribution in [0.4, 0.5) is 0 Å². The molecule has 1 aromatic heterocycles. The van der Waals surface area contributed by atoms with E-state index in [-0.39, 0.29) is 11.3 Å². The molecule has 4 nitrogen and oxygen atoms in total. The lowest BCUT2D eigenvalue weighted by atomic mass is 9.79. The van der Waals surface area contributed by atoms with Crippen LogP contribution in [-0.4, -0.2) is 39.6 Å². The molecule has 0 bridgehead atoms. The number of likely N-dealkylation sites (tertiary alicyclic amines) is 1.